The summed E-state index contributed by atoms with van der Waals surface area (Å²) >= 11 is 0. The molecule has 0 spiro atoms. The number of hydrogen-bond acceptors (Lipinski definition) is 3. The minimum atomic E-state index is 0.108. The number of ether oxygens (including phenoxy) is 1. The van der Waals surface area contributed by atoms with E-state index < -0.39 is 0 Å². The number of nitrogens with zero attached hydrogens (tertiary/aromatic N) is 1. The van der Waals surface area contributed by atoms with Crippen LogP contribution in [0.1, 0.15) is 16.8 Å². The lowest BCUT2D eigenvalue weighted by Gasteiger charge is -2.09. The monoisotopic (exact) mass is 228 g/mol. The van der Waals surface area contributed by atoms with Crippen LogP contribution >= 0.6 is 0 Å². The van der Waals surface area contributed by atoms with E-state index in [4.69, 9.17) is 10.5 Å². The summed E-state index contributed by atoms with van der Waals surface area (Å²) in [6.45, 7) is 4.68. The Labute approximate surface area is 101 Å². The summed E-state index contributed by atoms with van der Waals surface area (Å²) in [5, 5.41) is 1.11. The minimum Gasteiger partial charge on any atom is -0.488 e. The van der Waals surface area contributed by atoms with E-state index in [1.54, 1.807) is 0 Å². The molecule has 0 saturated carbocycles. The van der Waals surface area contributed by atoms with Crippen molar-refractivity contribution in [2.24, 2.45) is 5.73 Å². The van der Waals surface area contributed by atoms with Gasteiger partial charge in [-0.3, -0.25) is 4.98 Å². The maximum atomic E-state index is 5.94. The van der Waals surface area contributed by atoms with Crippen LogP contribution in [0.15, 0.2) is 18.2 Å². The summed E-state index contributed by atoms with van der Waals surface area (Å²) in [5.74, 6) is 0.992. The summed E-state index contributed by atoms with van der Waals surface area (Å²) in [6.07, 6.45) is 0.991. The van der Waals surface area contributed by atoms with E-state index in [9.17, 15) is 0 Å². The molecule has 1 unspecified atom stereocenters. The van der Waals surface area contributed by atoms with E-state index in [0.717, 1.165) is 28.8 Å². The van der Waals surface area contributed by atoms with Crippen LogP contribution in [0.25, 0.3) is 10.9 Å². The second-order valence-corrected chi connectivity index (χ2v) is 4.71. The van der Waals surface area contributed by atoms with Crippen LogP contribution in [-0.2, 0) is 6.42 Å². The predicted molar refractivity (Wildman–Crippen MR) is 68.4 cm³/mol. The molecule has 0 amide bonds. The smallest absolute Gasteiger partial charge is 0.134 e. The Balaban J connectivity index is 2.28. The molecule has 1 atom stereocenters. The van der Waals surface area contributed by atoms with E-state index in [1.807, 2.05) is 6.92 Å². The van der Waals surface area contributed by atoms with Crippen LogP contribution in [0.5, 0.6) is 5.75 Å². The van der Waals surface area contributed by atoms with Crippen LogP contribution in [0.2, 0.25) is 0 Å². The molecule has 2 N–H and O–H groups in total. The van der Waals surface area contributed by atoms with Gasteiger partial charge >= 0.3 is 0 Å². The number of benzene rings is 1. The first-order valence-corrected chi connectivity index (χ1v) is 5.95. The van der Waals surface area contributed by atoms with Gasteiger partial charge in [0.25, 0.3) is 0 Å². The predicted octanol–water partition coefficient (Wildman–Crippen LogP) is 2.11. The zero-order valence-electron chi connectivity index (χ0n) is 10.2. The number of nitrogens with two attached hydrogens (primary N) is 1. The molecule has 88 valence electrons. The van der Waals surface area contributed by atoms with E-state index in [-0.39, 0.29) is 6.10 Å². The van der Waals surface area contributed by atoms with Crippen molar-refractivity contribution < 1.29 is 4.74 Å². The van der Waals surface area contributed by atoms with Crippen molar-refractivity contribution >= 4 is 10.9 Å². The average molecular weight is 228 g/mol. The van der Waals surface area contributed by atoms with Gasteiger partial charge in [-0.25, -0.2) is 0 Å². The summed E-state index contributed by atoms with van der Waals surface area (Å²) < 4.78 is 5.94. The number of fused-ring (bicyclic) bond motifs is 3. The zero-order chi connectivity index (χ0) is 12.0. The van der Waals surface area contributed by atoms with Crippen LogP contribution in [-0.4, -0.2) is 17.6 Å². The molecule has 0 fully saturated rings. The van der Waals surface area contributed by atoms with Gasteiger partial charge in [0, 0.05) is 29.6 Å². The highest BCUT2D eigenvalue weighted by Gasteiger charge is 2.26. The first-order valence-electron chi connectivity index (χ1n) is 5.95. The third-order valence-corrected chi connectivity index (χ3v) is 3.37. The Morgan fingerprint density at radius 2 is 2.24 bits per heavy atom. The van der Waals surface area contributed by atoms with Crippen LogP contribution in [0, 0.1) is 13.8 Å². The third kappa shape index (κ3) is 1.58. The average Bonchev–Trinajstić information content (AvgIpc) is 2.75. The van der Waals surface area contributed by atoms with Crippen molar-refractivity contribution in [1.29, 1.82) is 0 Å². The first-order chi connectivity index (χ1) is 8.19. The highest BCUT2D eigenvalue weighted by Crippen LogP contribution is 2.37. The molecule has 1 aliphatic heterocycles. The molecule has 3 heteroatoms. The Morgan fingerprint density at radius 3 is 3.00 bits per heavy atom. The van der Waals surface area contributed by atoms with Gasteiger partial charge in [0.05, 0.1) is 5.52 Å². The lowest BCUT2D eigenvalue weighted by atomic mass is 10.0. The van der Waals surface area contributed by atoms with Crippen molar-refractivity contribution in [3.8, 4) is 5.75 Å². The number of hydrogen-bond donors (Lipinski definition) is 1. The van der Waals surface area contributed by atoms with Crippen LogP contribution < -0.4 is 10.5 Å². The second kappa shape index (κ2) is 3.70. The van der Waals surface area contributed by atoms with Crippen LogP contribution in [0.4, 0.5) is 0 Å². The summed E-state index contributed by atoms with van der Waals surface area (Å²) in [5.41, 5.74) is 10.2. The number of pyridine rings is 1. The van der Waals surface area contributed by atoms with E-state index >= 15 is 0 Å². The molecule has 1 aliphatic rings. The fourth-order valence-electron chi connectivity index (χ4n) is 2.45. The summed E-state index contributed by atoms with van der Waals surface area (Å²) in [4.78, 5) is 4.64. The normalized spacial score (nSPS) is 18.2. The van der Waals surface area contributed by atoms with Crippen molar-refractivity contribution in [3.63, 3.8) is 0 Å². The minimum absolute atomic E-state index is 0.108. The quantitative estimate of drug-likeness (QED) is 0.813. The van der Waals surface area contributed by atoms with Crippen LogP contribution in [0.3, 0.4) is 0 Å². The van der Waals surface area contributed by atoms with Gasteiger partial charge in [0.2, 0.25) is 0 Å². The summed E-state index contributed by atoms with van der Waals surface area (Å²) in [7, 11) is 0. The van der Waals surface area contributed by atoms with Crippen molar-refractivity contribution in [2.45, 2.75) is 26.4 Å². The zero-order valence-corrected chi connectivity index (χ0v) is 10.2. The molecular formula is C14H16N2O. The molecule has 1 aromatic carbocycles. The number of aryl methyl sites for hydroxylation is 2. The molecule has 0 saturated heterocycles. The highest BCUT2D eigenvalue weighted by atomic mass is 16.5. The SMILES string of the molecule is Cc1ccc2nc(C)c3c(c2c1)OC(CN)C3. The lowest BCUT2D eigenvalue weighted by Crippen LogP contribution is -2.24. The Morgan fingerprint density at radius 1 is 1.41 bits per heavy atom. The first kappa shape index (κ1) is 10.5. The Kier molecular flexibility index (Phi) is 2.30. The fraction of sp³-hybridized carbons (Fsp3) is 0.357. The molecule has 3 rings (SSSR count). The van der Waals surface area contributed by atoms with Gasteiger partial charge in [-0.1, -0.05) is 11.6 Å². The molecule has 1 aromatic heterocycles. The van der Waals surface area contributed by atoms with E-state index in [1.165, 1.54) is 11.1 Å². The van der Waals surface area contributed by atoms with Crippen molar-refractivity contribution in [3.05, 3.63) is 35.0 Å². The molecule has 2 heterocycles. The molecule has 17 heavy (non-hydrogen) atoms. The largest absolute Gasteiger partial charge is 0.488 e. The van der Waals surface area contributed by atoms with Gasteiger partial charge in [0.15, 0.2) is 0 Å². The molecule has 3 nitrogen and oxygen atoms in total. The Hall–Kier alpha value is -1.61. The van der Waals surface area contributed by atoms with Crippen molar-refractivity contribution in [1.82, 2.24) is 4.98 Å². The molecule has 0 aliphatic carbocycles. The van der Waals surface area contributed by atoms with Gasteiger partial charge in [-0.2, -0.15) is 0 Å². The standard InChI is InChI=1S/C14H16N2O/c1-8-3-4-13-12(5-8)14-11(9(2)16-13)6-10(7-15)17-14/h3-5,10H,6-7,15H2,1-2H3. The third-order valence-electron chi connectivity index (χ3n) is 3.37. The van der Waals surface area contributed by atoms with Gasteiger partial charge < -0.3 is 10.5 Å². The topological polar surface area (TPSA) is 48.1 Å². The molecule has 2 aromatic rings. The molecular weight excluding hydrogens is 212 g/mol. The highest BCUT2D eigenvalue weighted by molar-refractivity contribution is 5.88. The maximum Gasteiger partial charge on any atom is 0.134 e. The fourth-order valence-corrected chi connectivity index (χ4v) is 2.45. The van der Waals surface area contributed by atoms with E-state index in [0.29, 0.717) is 6.54 Å². The second-order valence-electron chi connectivity index (χ2n) is 4.71. The molecule has 0 bridgehead atoms. The van der Waals surface area contributed by atoms with E-state index in [2.05, 4.69) is 30.1 Å². The van der Waals surface area contributed by atoms with Gasteiger partial charge in [0.1, 0.15) is 11.9 Å². The summed E-state index contributed by atoms with van der Waals surface area (Å²) in [6, 6.07) is 6.27. The lowest BCUT2D eigenvalue weighted by molar-refractivity contribution is 0.244. The number of aromatic nitrogens is 1. The van der Waals surface area contributed by atoms with Crippen molar-refractivity contribution in [2.75, 3.05) is 6.54 Å². The Bertz CT molecular complexity index is 592. The van der Waals surface area contributed by atoms with Gasteiger partial charge in [-0.05, 0) is 26.0 Å². The van der Waals surface area contributed by atoms with Gasteiger partial charge in [-0.15, -0.1) is 0 Å². The number of rotatable bonds is 1. The molecule has 0 radical (unpaired) electrons. The maximum absolute atomic E-state index is 5.94.